The van der Waals surface area contributed by atoms with E-state index >= 15 is 0 Å². The van der Waals surface area contributed by atoms with Crippen LogP contribution in [-0.4, -0.2) is 19.4 Å². The van der Waals surface area contributed by atoms with Crippen LogP contribution in [0.15, 0.2) is 57.9 Å². The van der Waals surface area contributed by atoms with Crippen molar-refractivity contribution >= 4 is 49.2 Å². The summed E-state index contributed by atoms with van der Waals surface area (Å²) in [5.74, 6) is -0.321. The summed E-state index contributed by atoms with van der Waals surface area (Å²) in [7, 11) is -3.71. The molecular weight excluding hydrogens is 414 g/mol. The van der Waals surface area contributed by atoms with Gasteiger partial charge in [0.05, 0.1) is 4.90 Å². The normalized spacial score (nSPS) is 10.9. The SMILES string of the molecule is NS(=O)(=O)c1ccc(CNC(=S)NC(=O)c2cccc(Br)c2)cc1. The summed E-state index contributed by atoms with van der Waals surface area (Å²) >= 11 is 8.37. The van der Waals surface area contributed by atoms with Gasteiger partial charge in [0, 0.05) is 16.6 Å². The number of carbonyl (C=O) groups is 1. The van der Waals surface area contributed by atoms with E-state index in [1.807, 2.05) is 6.07 Å². The van der Waals surface area contributed by atoms with Gasteiger partial charge in [0.25, 0.3) is 5.91 Å². The van der Waals surface area contributed by atoms with Crippen molar-refractivity contribution in [2.45, 2.75) is 11.4 Å². The zero-order valence-corrected chi connectivity index (χ0v) is 15.5. The molecule has 0 aliphatic heterocycles. The van der Waals surface area contributed by atoms with Gasteiger partial charge in [-0.25, -0.2) is 13.6 Å². The molecule has 2 rings (SSSR count). The molecule has 0 bridgehead atoms. The third-order valence-electron chi connectivity index (χ3n) is 3.02. The maximum absolute atomic E-state index is 12.0. The first kappa shape index (κ1) is 18.5. The van der Waals surface area contributed by atoms with Gasteiger partial charge in [-0.2, -0.15) is 0 Å². The van der Waals surface area contributed by atoms with Gasteiger partial charge < -0.3 is 5.32 Å². The molecule has 6 nitrogen and oxygen atoms in total. The highest BCUT2D eigenvalue weighted by Crippen LogP contribution is 2.11. The molecule has 0 aliphatic carbocycles. The number of hydrogen-bond donors (Lipinski definition) is 3. The lowest BCUT2D eigenvalue weighted by molar-refractivity contribution is 0.0976. The van der Waals surface area contributed by atoms with Gasteiger partial charge >= 0.3 is 0 Å². The predicted molar refractivity (Wildman–Crippen MR) is 98.9 cm³/mol. The Balaban J connectivity index is 1.90. The van der Waals surface area contributed by atoms with Crippen LogP contribution < -0.4 is 15.8 Å². The Morgan fingerprint density at radius 2 is 1.83 bits per heavy atom. The molecule has 9 heteroatoms. The monoisotopic (exact) mass is 427 g/mol. The molecule has 0 aromatic heterocycles. The fourth-order valence-corrected chi connectivity index (χ4v) is 2.91. The molecule has 0 aliphatic rings. The Morgan fingerprint density at radius 3 is 2.42 bits per heavy atom. The maximum atomic E-state index is 12.0. The highest BCUT2D eigenvalue weighted by Gasteiger charge is 2.09. The molecule has 2 aromatic rings. The molecule has 0 heterocycles. The smallest absolute Gasteiger partial charge is 0.257 e. The average Bonchev–Trinajstić information content (AvgIpc) is 2.52. The van der Waals surface area contributed by atoms with Gasteiger partial charge in [-0.3, -0.25) is 10.1 Å². The summed E-state index contributed by atoms with van der Waals surface area (Å²) in [5.41, 5.74) is 1.27. The highest BCUT2D eigenvalue weighted by atomic mass is 79.9. The Bertz CT molecular complexity index is 868. The molecule has 0 radical (unpaired) electrons. The fourth-order valence-electron chi connectivity index (χ4n) is 1.83. The van der Waals surface area contributed by atoms with E-state index in [2.05, 4.69) is 26.6 Å². The van der Waals surface area contributed by atoms with Crippen molar-refractivity contribution in [1.82, 2.24) is 10.6 Å². The van der Waals surface area contributed by atoms with Crippen LogP contribution in [0.3, 0.4) is 0 Å². The maximum Gasteiger partial charge on any atom is 0.257 e. The lowest BCUT2D eigenvalue weighted by atomic mass is 10.2. The summed E-state index contributed by atoms with van der Waals surface area (Å²) in [6, 6.07) is 13.0. The molecule has 2 aromatic carbocycles. The molecule has 0 saturated carbocycles. The average molecular weight is 428 g/mol. The molecular formula is C15H14BrN3O3S2. The van der Waals surface area contributed by atoms with Gasteiger partial charge in [0.15, 0.2) is 5.11 Å². The second kappa shape index (κ2) is 7.84. The first-order chi connectivity index (χ1) is 11.3. The number of carbonyl (C=O) groups excluding carboxylic acids is 1. The first-order valence-electron chi connectivity index (χ1n) is 6.72. The minimum atomic E-state index is -3.71. The van der Waals surface area contributed by atoms with Crippen LogP contribution in [-0.2, 0) is 16.6 Å². The minimum Gasteiger partial charge on any atom is -0.358 e. The quantitative estimate of drug-likeness (QED) is 0.646. The van der Waals surface area contributed by atoms with Gasteiger partial charge in [-0.15, -0.1) is 0 Å². The van der Waals surface area contributed by atoms with E-state index in [4.69, 9.17) is 17.4 Å². The molecule has 24 heavy (non-hydrogen) atoms. The van der Waals surface area contributed by atoms with Crippen LogP contribution in [0, 0.1) is 0 Å². The van der Waals surface area contributed by atoms with Crippen LogP contribution in [0.2, 0.25) is 0 Å². The number of rotatable bonds is 4. The van der Waals surface area contributed by atoms with Crippen molar-refractivity contribution in [2.75, 3.05) is 0 Å². The zero-order valence-electron chi connectivity index (χ0n) is 12.3. The number of amides is 1. The summed E-state index contributed by atoms with van der Waals surface area (Å²) in [5, 5.41) is 10.7. The van der Waals surface area contributed by atoms with Crippen molar-refractivity contribution in [3.63, 3.8) is 0 Å². The fraction of sp³-hybridized carbons (Fsp3) is 0.0667. The standard InChI is InChI=1S/C15H14BrN3O3S2/c16-12-3-1-2-11(8-12)14(20)19-15(23)18-9-10-4-6-13(7-5-10)24(17,21)22/h1-8H,9H2,(H2,17,21,22)(H2,18,19,20,23). The number of thiocarbonyl (C=S) groups is 1. The molecule has 126 valence electrons. The van der Waals surface area contributed by atoms with Crippen molar-refractivity contribution in [2.24, 2.45) is 5.14 Å². The zero-order chi connectivity index (χ0) is 17.7. The molecule has 0 unspecified atom stereocenters. The Labute approximate surface area is 153 Å². The van der Waals surface area contributed by atoms with Crippen LogP contribution in [0.5, 0.6) is 0 Å². The van der Waals surface area contributed by atoms with E-state index < -0.39 is 10.0 Å². The van der Waals surface area contributed by atoms with Crippen molar-refractivity contribution in [3.8, 4) is 0 Å². The molecule has 1 amide bonds. The van der Waals surface area contributed by atoms with Crippen LogP contribution in [0.4, 0.5) is 0 Å². The number of nitrogens with one attached hydrogen (secondary N) is 2. The second-order valence-corrected chi connectivity index (χ2v) is 7.72. The van der Waals surface area contributed by atoms with E-state index in [9.17, 15) is 13.2 Å². The van der Waals surface area contributed by atoms with E-state index in [1.54, 1.807) is 30.3 Å². The third kappa shape index (κ3) is 5.38. The van der Waals surface area contributed by atoms with Crippen LogP contribution in [0.25, 0.3) is 0 Å². The van der Waals surface area contributed by atoms with Gasteiger partial charge in [0.1, 0.15) is 0 Å². The minimum absolute atomic E-state index is 0.0387. The number of benzene rings is 2. The number of hydrogen-bond acceptors (Lipinski definition) is 4. The molecule has 0 atom stereocenters. The number of sulfonamides is 1. The molecule has 4 N–H and O–H groups in total. The lowest BCUT2D eigenvalue weighted by Crippen LogP contribution is -2.38. The summed E-state index contributed by atoms with van der Waals surface area (Å²) in [4.78, 5) is 12.1. The lowest BCUT2D eigenvalue weighted by Gasteiger charge is -2.10. The summed E-state index contributed by atoms with van der Waals surface area (Å²) < 4.78 is 23.2. The molecule has 0 spiro atoms. The van der Waals surface area contributed by atoms with Crippen molar-refractivity contribution < 1.29 is 13.2 Å². The van der Waals surface area contributed by atoms with E-state index in [0.717, 1.165) is 10.0 Å². The van der Waals surface area contributed by atoms with Crippen LogP contribution in [0.1, 0.15) is 15.9 Å². The largest absolute Gasteiger partial charge is 0.358 e. The van der Waals surface area contributed by atoms with Crippen molar-refractivity contribution in [1.29, 1.82) is 0 Å². The van der Waals surface area contributed by atoms with Gasteiger partial charge in [-0.05, 0) is 48.1 Å². The van der Waals surface area contributed by atoms with E-state index in [1.165, 1.54) is 12.1 Å². The van der Waals surface area contributed by atoms with E-state index in [0.29, 0.717) is 12.1 Å². The third-order valence-corrected chi connectivity index (χ3v) is 4.69. The predicted octanol–water partition coefficient (Wildman–Crippen LogP) is 1.90. The molecule has 0 saturated heterocycles. The van der Waals surface area contributed by atoms with Gasteiger partial charge in [0.2, 0.25) is 10.0 Å². The number of nitrogens with two attached hydrogens (primary N) is 1. The second-order valence-electron chi connectivity index (χ2n) is 4.84. The summed E-state index contributed by atoms with van der Waals surface area (Å²) in [6.07, 6.45) is 0. The Kier molecular flexibility index (Phi) is 6.05. The van der Waals surface area contributed by atoms with Crippen molar-refractivity contribution in [3.05, 3.63) is 64.1 Å². The Hall–Kier alpha value is -1.81. The Morgan fingerprint density at radius 1 is 1.17 bits per heavy atom. The number of halogens is 1. The van der Waals surface area contributed by atoms with Gasteiger partial charge in [-0.1, -0.05) is 34.1 Å². The topological polar surface area (TPSA) is 101 Å². The van der Waals surface area contributed by atoms with E-state index in [-0.39, 0.29) is 15.9 Å². The summed E-state index contributed by atoms with van der Waals surface area (Å²) in [6.45, 7) is 0.336. The first-order valence-corrected chi connectivity index (χ1v) is 9.47. The van der Waals surface area contributed by atoms with Crippen LogP contribution >= 0.6 is 28.1 Å². The molecule has 0 fully saturated rings. The highest BCUT2D eigenvalue weighted by molar-refractivity contribution is 9.10. The number of primary sulfonamides is 1.